The molecule has 0 atom stereocenters. The second-order valence-corrected chi connectivity index (χ2v) is 10.6. The molecule has 0 N–H and O–H groups in total. The van der Waals surface area contributed by atoms with Crippen LogP contribution in [0.15, 0.2) is 128 Å². The Labute approximate surface area is 234 Å². The minimum Gasteiger partial charge on any atom is -0.299 e. The lowest BCUT2D eigenvalue weighted by Crippen LogP contribution is -1.97. The molecular formula is C34H21N5S. The molecule has 188 valence electrons. The largest absolute Gasteiger partial charge is 0.299 e. The highest BCUT2D eigenvalue weighted by Crippen LogP contribution is 2.42. The summed E-state index contributed by atoms with van der Waals surface area (Å²) in [5.74, 6) is 0.577. The molecule has 8 aromatic rings. The third-order valence-corrected chi connectivity index (χ3v) is 8.31. The number of benzene rings is 3. The van der Waals surface area contributed by atoms with E-state index in [4.69, 9.17) is 9.97 Å². The number of hydrogen-bond acceptors (Lipinski definition) is 5. The summed E-state index contributed by atoms with van der Waals surface area (Å²) in [4.78, 5) is 20.0. The van der Waals surface area contributed by atoms with Crippen LogP contribution in [-0.4, -0.2) is 24.3 Å². The van der Waals surface area contributed by atoms with Crippen LogP contribution in [0.25, 0.3) is 71.2 Å². The molecular weight excluding hydrogens is 510 g/mol. The Bertz CT molecular complexity index is 2090. The van der Waals surface area contributed by atoms with Crippen molar-refractivity contribution in [1.82, 2.24) is 24.3 Å². The fraction of sp³-hybridized carbons (Fsp3) is 0. The average Bonchev–Trinajstić information content (AvgIpc) is 3.56. The Kier molecular flexibility index (Phi) is 5.24. The normalized spacial score (nSPS) is 11.5. The zero-order valence-corrected chi connectivity index (χ0v) is 22.1. The Morgan fingerprint density at radius 3 is 1.95 bits per heavy atom. The predicted molar refractivity (Wildman–Crippen MR) is 163 cm³/mol. The van der Waals surface area contributed by atoms with Crippen LogP contribution in [0.1, 0.15) is 0 Å². The lowest BCUT2D eigenvalue weighted by atomic mass is 10.0. The van der Waals surface area contributed by atoms with E-state index in [2.05, 4.69) is 87.2 Å². The van der Waals surface area contributed by atoms with Crippen LogP contribution in [-0.2, 0) is 0 Å². The summed E-state index contributed by atoms with van der Waals surface area (Å²) in [5.41, 5.74) is 9.04. The summed E-state index contributed by atoms with van der Waals surface area (Å²) in [6.45, 7) is 0. The second-order valence-electron chi connectivity index (χ2n) is 9.57. The highest BCUT2D eigenvalue weighted by Gasteiger charge is 2.18. The number of para-hydroxylation sites is 2. The number of thiazole rings is 1. The summed E-state index contributed by atoms with van der Waals surface area (Å²) < 4.78 is 3.67. The molecule has 0 aliphatic rings. The van der Waals surface area contributed by atoms with Crippen LogP contribution in [0, 0.1) is 0 Å². The molecule has 40 heavy (non-hydrogen) atoms. The zero-order valence-electron chi connectivity index (χ0n) is 21.3. The molecule has 8 rings (SSSR count). The van der Waals surface area contributed by atoms with Gasteiger partial charge in [-0.1, -0.05) is 66.7 Å². The van der Waals surface area contributed by atoms with E-state index in [0.717, 1.165) is 28.3 Å². The van der Waals surface area contributed by atoms with Crippen molar-refractivity contribution in [2.45, 2.75) is 0 Å². The maximum Gasteiger partial charge on any atom is 0.179 e. The minimum absolute atomic E-state index is 0.577. The second kappa shape index (κ2) is 9.22. The molecule has 3 aromatic carbocycles. The molecule has 0 unspecified atom stereocenters. The van der Waals surface area contributed by atoms with E-state index in [1.54, 1.807) is 12.4 Å². The number of pyridine rings is 2. The van der Waals surface area contributed by atoms with Gasteiger partial charge in [-0.3, -0.25) is 14.4 Å². The van der Waals surface area contributed by atoms with Crippen LogP contribution < -0.4 is 0 Å². The van der Waals surface area contributed by atoms with Crippen molar-refractivity contribution in [3.8, 4) is 45.3 Å². The van der Waals surface area contributed by atoms with E-state index >= 15 is 0 Å². The van der Waals surface area contributed by atoms with E-state index in [9.17, 15) is 0 Å². The van der Waals surface area contributed by atoms with Crippen molar-refractivity contribution < 1.29 is 0 Å². The van der Waals surface area contributed by atoms with Crippen molar-refractivity contribution in [3.05, 3.63) is 128 Å². The maximum atomic E-state index is 4.92. The Morgan fingerprint density at radius 2 is 1.18 bits per heavy atom. The van der Waals surface area contributed by atoms with Gasteiger partial charge < -0.3 is 0 Å². The summed E-state index contributed by atoms with van der Waals surface area (Å²) >= 11 is 1.84. The van der Waals surface area contributed by atoms with Crippen LogP contribution in [0.4, 0.5) is 0 Å². The highest BCUT2D eigenvalue weighted by atomic mass is 32.1. The number of hydrogen-bond donors (Lipinski definition) is 0. The summed E-state index contributed by atoms with van der Waals surface area (Å²) in [5, 5.41) is 1.25. The van der Waals surface area contributed by atoms with Gasteiger partial charge in [-0.15, -0.1) is 11.3 Å². The van der Waals surface area contributed by atoms with Crippen LogP contribution in [0.3, 0.4) is 0 Å². The van der Waals surface area contributed by atoms with E-state index < -0.39 is 0 Å². The molecule has 6 heteroatoms. The molecule has 0 spiro atoms. The maximum absolute atomic E-state index is 4.92. The van der Waals surface area contributed by atoms with E-state index in [1.165, 1.54) is 37.1 Å². The molecule has 0 saturated carbocycles. The van der Waals surface area contributed by atoms with Gasteiger partial charge in [0.2, 0.25) is 0 Å². The Hall–Kier alpha value is -5.20. The third-order valence-electron chi connectivity index (χ3n) is 7.16. The van der Waals surface area contributed by atoms with Crippen molar-refractivity contribution in [2.75, 3.05) is 0 Å². The van der Waals surface area contributed by atoms with Crippen molar-refractivity contribution >= 4 is 37.3 Å². The van der Waals surface area contributed by atoms with Gasteiger partial charge in [-0.2, -0.15) is 0 Å². The zero-order chi connectivity index (χ0) is 26.5. The monoisotopic (exact) mass is 531 g/mol. The van der Waals surface area contributed by atoms with Crippen molar-refractivity contribution in [2.24, 2.45) is 0 Å². The first-order chi connectivity index (χ1) is 19.8. The van der Waals surface area contributed by atoms with Crippen LogP contribution in [0.2, 0.25) is 0 Å². The molecule has 0 saturated heterocycles. The molecule has 0 aliphatic heterocycles. The van der Waals surface area contributed by atoms with Gasteiger partial charge in [-0.05, 0) is 54.1 Å². The quantitative estimate of drug-likeness (QED) is 0.228. The van der Waals surface area contributed by atoms with Gasteiger partial charge >= 0.3 is 0 Å². The van der Waals surface area contributed by atoms with Crippen molar-refractivity contribution in [1.29, 1.82) is 0 Å². The van der Waals surface area contributed by atoms with E-state index in [-0.39, 0.29) is 0 Å². The molecule has 0 amide bonds. The molecule has 0 bridgehead atoms. The topological polar surface area (TPSA) is 56.0 Å². The molecule has 0 fully saturated rings. The van der Waals surface area contributed by atoms with Crippen LogP contribution in [0.5, 0.6) is 0 Å². The first-order valence-corrected chi connectivity index (χ1v) is 13.9. The van der Waals surface area contributed by atoms with Gasteiger partial charge in [0, 0.05) is 28.9 Å². The third kappa shape index (κ3) is 3.69. The van der Waals surface area contributed by atoms with Gasteiger partial charge in [0.15, 0.2) is 5.82 Å². The molecule has 5 aromatic heterocycles. The SMILES string of the molecule is c1ccc(-c2cc(-c3ccc(-c4c5ccccc5n5c4sc4ccccc45)cc3)nc(-c3ccccn3)n2)nc1. The molecule has 0 radical (unpaired) electrons. The lowest BCUT2D eigenvalue weighted by molar-refractivity contribution is 1.13. The first kappa shape index (κ1) is 22.8. The smallest absolute Gasteiger partial charge is 0.179 e. The fourth-order valence-electron chi connectivity index (χ4n) is 5.32. The van der Waals surface area contributed by atoms with E-state index in [1.807, 2.05) is 53.8 Å². The van der Waals surface area contributed by atoms with Gasteiger partial charge in [-0.25, -0.2) is 9.97 Å². The van der Waals surface area contributed by atoms with Crippen LogP contribution >= 0.6 is 11.3 Å². The number of rotatable bonds is 4. The molecule has 5 nitrogen and oxygen atoms in total. The lowest BCUT2D eigenvalue weighted by Gasteiger charge is -2.09. The van der Waals surface area contributed by atoms with Gasteiger partial charge in [0.1, 0.15) is 10.5 Å². The summed E-state index contributed by atoms with van der Waals surface area (Å²) in [6, 6.07) is 39.6. The Balaban J connectivity index is 1.28. The summed E-state index contributed by atoms with van der Waals surface area (Å²) in [6.07, 6.45) is 3.54. The number of nitrogens with zero attached hydrogens (tertiary/aromatic N) is 5. The van der Waals surface area contributed by atoms with Gasteiger partial charge in [0.05, 0.1) is 32.8 Å². The highest BCUT2D eigenvalue weighted by molar-refractivity contribution is 7.24. The summed E-state index contributed by atoms with van der Waals surface area (Å²) in [7, 11) is 0. The average molecular weight is 532 g/mol. The number of aromatic nitrogens is 5. The van der Waals surface area contributed by atoms with Crippen molar-refractivity contribution in [3.63, 3.8) is 0 Å². The predicted octanol–water partition coefficient (Wildman–Crippen LogP) is 8.56. The molecule has 0 aliphatic carbocycles. The minimum atomic E-state index is 0.577. The number of fused-ring (bicyclic) bond motifs is 5. The Morgan fingerprint density at radius 1 is 0.525 bits per heavy atom. The first-order valence-electron chi connectivity index (χ1n) is 13.1. The standard InChI is InChI=1S/C34H21N5S/c1-2-12-29-24(9-1)32(34-39(29)30-13-3-4-14-31(30)40-34)23-17-15-22(16-18-23)27-21-28(25-10-5-7-19-35-25)38-33(37-27)26-11-6-8-20-36-26/h1-21H. The fourth-order valence-corrected chi connectivity index (χ4v) is 6.56. The van der Waals surface area contributed by atoms with Gasteiger partial charge in [0.25, 0.3) is 0 Å². The molecule has 5 heterocycles. The van der Waals surface area contributed by atoms with E-state index in [0.29, 0.717) is 5.82 Å².